The van der Waals surface area contributed by atoms with Gasteiger partial charge in [0.1, 0.15) is 11.2 Å². The zero-order valence-electron chi connectivity index (χ0n) is 14.8. The van der Waals surface area contributed by atoms with Gasteiger partial charge >= 0.3 is 0 Å². The van der Waals surface area contributed by atoms with Gasteiger partial charge in [-0.05, 0) is 47.5 Å². The number of benzene rings is 3. The second-order valence-corrected chi connectivity index (χ2v) is 6.50. The van der Waals surface area contributed by atoms with Crippen LogP contribution in [0.25, 0.3) is 34.1 Å². The second kappa shape index (κ2) is 6.52. The first-order valence-electron chi connectivity index (χ1n) is 8.53. The third kappa shape index (κ3) is 3.00. The van der Waals surface area contributed by atoms with Crippen molar-refractivity contribution >= 4 is 39.8 Å². The van der Waals surface area contributed by atoms with Crippen molar-refractivity contribution < 1.29 is 4.42 Å². The van der Waals surface area contributed by atoms with Gasteiger partial charge in [0.05, 0.1) is 10.8 Å². The molecule has 0 spiro atoms. The highest BCUT2D eigenvalue weighted by atomic mass is 16.3. The van der Waals surface area contributed by atoms with Gasteiger partial charge in [0, 0.05) is 19.8 Å². The van der Waals surface area contributed by atoms with Crippen LogP contribution in [0.15, 0.2) is 75.9 Å². The molecule has 0 saturated carbocycles. The van der Waals surface area contributed by atoms with E-state index in [1.807, 2.05) is 56.6 Å². The number of fused-ring (bicyclic) bond motifs is 2. The lowest BCUT2D eigenvalue weighted by Crippen LogP contribution is -2.07. The summed E-state index contributed by atoms with van der Waals surface area (Å²) in [4.78, 5) is 14.7. The third-order valence-electron chi connectivity index (χ3n) is 4.48. The van der Waals surface area contributed by atoms with Crippen LogP contribution >= 0.6 is 0 Å². The molecule has 3 nitrogen and oxygen atoms in total. The van der Waals surface area contributed by atoms with Gasteiger partial charge in [0.25, 0.3) is 0 Å². The largest absolute Gasteiger partial charge is 0.456 e. The minimum Gasteiger partial charge on any atom is -0.456 e. The topological polar surface area (TPSA) is 33.5 Å². The fourth-order valence-corrected chi connectivity index (χ4v) is 3.00. The van der Waals surface area contributed by atoms with E-state index in [4.69, 9.17) is 4.42 Å². The number of hydrogen-bond donors (Lipinski definition) is 0. The molecular formula is C23H19NO2. The van der Waals surface area contributed by atoms with Crippen molar-refractivity contribution in [3.05, 3.63) is 88.1 Å². The smallest absolute Gasteiger partial charge is 0.200 e. The normalized spacial score (nSPS) is 11.5. The van der Waals surface area contributed by atoms with Crippen LogP contribution in [0.3, 0.4) is 0 Å². The van der Waals surface area contributed by atoms with Crippen LogP contribution in [0.4, 0.5) is 5.69 Å². The predicted octanol–water partition coefficient (Wildman–Crippen LogP) is 5.18. The second-order valence-electron chi connectivity index (χ2n) is 6.50. The van der Waals surface area contributed by atoms with Crippen LogP contribution in [0.5, 0.6) is 0 Å². The van der Waals surface area contributed by atoms with E-state index in [1.165, 1.54) is 5.69 Å². The minimum absolute atomic E-state index is 0.0108. The fraction of sp³-hybridized carbons (Fsp3) is 0.0870. The summed E-state index contributed by atoms with van der Waals surface area (Å²) in [6.07, 6.45) is 4.08. The Kier molecular flexibility index (Phi) is 4.05. The zero-order chi connectivity index (χ0) is 18.1. The van der Waals surface area contributed by atoms with Gasteiger partial charge in [-0.2, -0.15) is 0 Å². The lowest BCUT2D eigenvalue weighted by Gasteiger charge is -2.11. The van der Waals surface area contributed by atoms with E-state index in [1.54, 1.807) is 6.07 Å². The Morgan fingerprint density at radius 3 is 2.19 bits per heavy atom. The average molecular weight is 341 g/mol. The number of rotatable bonds is 3. The van der Waals surface area contributed by atoms with Crippen molar-refractivity contribution in [1.29, 1.82) is 0 Å². The molecule has 0 unspecified atom stereocenters. The molecule has 3 aromatic carbocycles. The first-order valence-corrected chi connectivity index (χ1v) is 8.53. The lowest BCUT2D eigenvalue weighted by atomic mass is 10.1. The Morgan fingerprint density at radius 2 is 1.42 bits per heavy atom. The molecular weight excluding hydrogens is 322 g/mol. The molecule has 1 aromatic heterocycles. The molecule has 4 aromatic rings. The molecule has 0 aliphatic rings. The van der Waals surface area contributed by atoms with E-state index in [0.717, 1.165) is 11.1 Å². The Labute approximate surface area is 151 Å². The van der Waals surface area contributed by atoms with Crippen LogP contribution in [-0.4, -0.2) is 14.1 Å². The summed E-state index contributed by atoms with van der Waals surface area (Å²) in [6.45, 7) is 0. The lowest BCUT2D eigenvalue weighted by molar-refractivity contribution is 0.660. The Morgan fingerprint density at radius 1 is 0.769 bits per heavy atom. The number of hydrogen-bond acceptors (Lipinski definition) is 3. The highest BCUT2D eigenvalue weighted by Crippen LogP contribution is 2.21. The van der Waals surface area contributed by atoms with Gasteiger partial charge in [0.15, 0.2) is 0 Å². The van der Waals surface area contributed by atoms with Crippen LogP contribution in [0, 0.1) is 0 Å². The molecule has 1 heterocycles. The maximum atomic E-state index is 12.6. The summed E-state index contributed by atoms with van der Waals surface area (Å²) in [5.41, 5.74) is 4.52. The van der Waals surface area contributed by atoms with Crippen LogP contribution in [0.1, 0.15) is 11.1 Å². The Bertz CT molecular complexity index is 1170. The quantitative estimate of drug-likeness (QED) is 0.380. The Hall–Kier alpha value is -3.33. The monoisotopic (exact) mass is 341 g/mol. The van der Waals surface area contributed by atoms with Crippen molar-refractivity contribution in [3.63, 3.8) is 0 Å². The summed E-state index contributed by atoms with van der Waals surface area (Å²) in [7, 11) is 4.05. The number of nitrogens with zero attached hydrogens (tertiary/aromatic N) is 1. The van der Waals surface area contributed by atoms with Crippen molar-refractivity contribution in [3.8, 4) is 0 Å². The van der Waals surface area contributed by atoms with Gasteiger partial charge in [0.2, 0.25) is 5.43 Å². The molecule has 0 radical (unpaired) electrons. The Balaban J connectivity index is 1.71. The van der Waals surface area contributed by atoms with E-state index in [-0.39, 0.29) is 5.43 Å². The summed E-state index contributed by atoms with van der Waals surface area (Å²) < 4.78 is 5.92. The third-order valence-corrected chi connectivity index (χ3v) is 4.48. The molecule has 26 heavy (non-hydrogen) atoms. The van der Waals surface area contributed by atoms with Gasteiger partial charge in [-0.25, -0.2) is 0 Å². The predicted molar refractivity (Wildman–Crippen MR) is 110 cm³/mol. The molecule has 3 heteroatoms. The van der Waals surface area contributed by atoms with E-state index in [0.29, 0.717) is 21.9 Å². The van der Waals surface area contributed by atoms with E-state index >= 15 is 0 Å². The van der Waals surface area contributed by atoms with Gasteiger partial charge in [-0.1, -0.05) is 42.5 Å². The zero-order valence-corrected chi connectivity index (χ0v) is 14.8. The molecule has 0 aliphatic carbocycles. The standard InChI is InChI=1S/C23H19NO2/c1-24(2)18-12-9-16(10-13-18)7-8-17-11-14-20-22(15-17)26-21-6-4-3-5-19(21)23(20)25/h3-15H,1-2H3/b8-7+. The van der Waals surface area contributed by atoms with Crippen LogP contribution in [0.2, 0.25) is 0 Å². The SMILES string of the molecule is CN(C)c1ccc(/C=C/c2ccc3c(=O)c4ccccc4oc3c2)cc1. The maximum Gasteiger partial charge on any atom is 0.200 e. The molecule has 0 atom stereocenters. The molecule has 0 aliphatic heterocycles. The van der Waals surface area contributed by atoms with Gasteiger partial charge in [-0.3, -0.25) is 4.79 Å². The number of para-hydroxylation sites is 1. The van der Waals surface area contributed by atoms with Crippen molar-refractivity contribution in [2.75, 3.05) is 19.0 Å². The average Bonchev–Trinajstić information content (AvgIpc) is 2.66. The van der Waals surface area contributed by atoms with Crippen LogP contribution < -0.4 is 10.3 Å². The maximum absolute atomic E-state index is 12.6. The highest BCUT2D eigenvalue weighted by Gasteiger charge is 2.07. The minimum atomic E-state index is 0.0108. The van der Waals surface area contributed by atoms with Crippen molar-refractivity contribution in [1.82, 2.24) is 0 Å². The van der Waals surface area contributed by atoms with Crippen LogP contribution in [-0.2, 0) is 0 Å². The highest BCUT2D eigenvalue weighted by molar-refractivity contribution is 5.91. The molecule has 0 saturated heterocycles. The van der Waals surface area contributed by atoms with Crippen molar-refractivity contribution in [2.24, 2.45) is 0 Å². The van der Waals surface area contributed by atoms with Gasteiger partial charge in [-0.15, -0.1) is 0 Å². The summed E-state index contributed by atoms with van der Waals surface area (Å²) >= 11 is 0. The summed E-state index contributed by atoms with van der Waals surface area (Å²) in [5, 5.41) is 1.22. The van der Waals surface area contributed by atoms with Gasteiger partial charge < -0.3 is 9.32 Å². The van der Waals surface area contributed by atoms with Crippen molar-refractivity contribution in [2.45, 2.75) is 0 Å². The molecule has 0 N–H and O–H groups in total. The van der Waals surface area contributed by atoms with E-state index < -0.39 is 0 Å². The molecule has 4 rings (SSSR count). The molecule has 0 bridgehead atoms. The number of anilines is 1. The molecule has 0 amide bonds. The van der Waals surface area contributed by atoms with E-state index in [2.05, 4.69) is 35.2 Å². The van der Waals surface area contributed by atoms with E-state index in [9.17, 15) is 4.79 Å². The first-order chi connectivity index (χ1) is 12.6. The molecule has 128 valence electrons. The summed E-state index contributed by atoms with van der Waals surface area (Å²) in [5.74, 6) is 0. The fourth-order valence-electron chi connectivity index (χ4n) is 3.00. The first kappa shape index (κ1) is 16.2. The summed E-state index contributed by atoms with van der Waals surface area (Å²) in [6, 6.07) is 21.4. The molecule has 0 fully saturated rings.